The van der Waals surface area contributed by atoms with Crippen LogP contribution in [0.2, 0.25) is 0 Å². The SMILES string of the molecule is C=C(C)n1c(C)cc(C)cc1=O. The molecular weight excluding hydrogens is 150 g/mol. The highest BCUT2D eigenvalue weighted by Crippen LogP contribution is 2.03. The molecule has 0 saturated carbocycles. The lowest BCUT2D eigenvalue weighted by atomic mass is 10.2. The van der Waals surface area contributed by atoms with Crippen LogP contribution in [0.25, 0.3) is 5.70 Å². The van der Waals surface area contributed by atoms with E-state index in [1.165, 1.54) is 0 Å². The van der Waals surface area contributed by atoms with Gasteiger partial charge in [-0.1, -0.05) is 6.58 Å². The van der Waals surface area contributed by atoms with Gasteiger partial charge in [0.25, 0.3) is 5.56 Å². The maximum atomic E-state index is 11.4. The molecule has 12 heavy (non-hydrogen) atoms. The van der Waals surface area contributed by atoms with E-state index in [9.17, 15) is 4.79 Å². The number of aromatic nitrogens is 1. The molecule has 1 rings (SSSR count). The van der Waals surface area contributed by atoms with Crippen molar-refractivity contribution in [2.24, 2.45) is 0 Å². The van der Waals surface area contributed by atoms with E-state index < -0.39 is 0 Å². The molecule has 0 aliphatic carbocycles. The average molecular weight is 163 g/mol. The van der Waals surface area contributed by atoms with Crippen molar-refractivity contribution in [1.29, 1.82) is 0 Å². The predicted molar refractivity (Wildman–Crippen MR) is 51.2 cm³/mol. The number of allylic oxidation sites excluding steroid dienone is 1. The molecule has 1 aromatic rings. The van der Waals surface area contributed by atoms with Gasteiger partial charge in [-0.3, -0.25) is 9.36 Å². The van der Waals surface area contributed by atoms with E-state index in [0.29, 0.717) is 0 Å². The molecule has 1 aromatic heterocycles. The second kappa shape index (κ2) is 2.97. The minimum absolute atomic E-state index is 0.000000000000000222. The van der Waals surface area contributed by atoms with Gasteiger partial charge in [0.05, 0.1) is 0 Å². The number of pyridine rings is 1. The minimum atomic E-state index is 0.000000000000000222. The molecule has 0 unspecified atom stereocenters. The van der Waals surface area contributed by atoms with Crippen LogP contribution in [0, 0.1) is 13.8 Å². The first-order valence-corrected chi connectivity index (χ1v) is 3.88. The van der Waals surface area contributed by atoms with Crippen LogP contribution in [0.15, 0.2) is 23.5 Å². The lowest BCUT2D eigenvalue weighted by Crippen LogP contribution is -2.19. The topological polar surface area (TPSA) is 22.0 Å². The van der Waals surface area contributed by atoms with Crippen LogP contribution in [0.4, 0.5) is 0 Å². The fraction of sp³-hybridized carbons (Fsp3) is 0.300. The quantitative estimate of drug-likeness (QED) is 0.620. The van der Waals surface area contributed by atoms with Crippen molar-refractivity contribution in [3.63, 3.8) is 0 Å². The Kier molecular flexibility index (Phi) is 2.18. The average Bonchev–Trinajstić information content (AvgIpc) is 1.82. The second-order valence-corrected chi connectivity index (χ2v) is 3.08. The van der Waals surface area contributed by atoms with Crippen LogP contribution in [-0.4, -0.2) is 4.57 Å². The van der Waals surface area contributed by atoms with Crippen molar-refractivity contribution in [2.45, 2.75) is 20.8 Å². The molecule has 64 valence electrons. The third-order valence-electron chi connectivity index (χ3n) is 1.74. The Morgan fingerprint density at radius 2 is 2.00 bits per heavy atom. The normalized spacial score (nSPS) is 9.92. The summed E-state index contributed by atoms with van der Waals surface area (Å²) in [4.78, 5) is 11.4. The molecule has 0 atom stereocenters. The summed E-state index contributed by atoms with van der Waals surface area (Å²) in [5.41, 5.74) is 2.69. The first-order valence-electron chi connectivity index (χ1n) is 3.88. The molecule has 0 aliphatic rings. The smallest absolute Gasteiger partial charge is 0.255 e. The molecule has 0 N–H and O–H groups in total. The number of hydrogen-bond donors (Lipinski definition) is 0. The Bertz CT molecular complexity index is 374. The number of hydrogen-bond acceptors (Lipinski definition) is 1. The summed E-state index contributed by atoms with van der Waals surface area (Å²) < 4.78 is 1.60. The summed E-state index contributed by atoms with van der Waals surface area (Å²) in [5.74, 6) is 0. The van der Waals surface area contributed by atoms with Crippen molar-refractivity contribution in [3.8, 4) is 0 Å². The van der Waals surface area contributed by atoms with Crippen molar-refractivity contribution < 1.29 is 0 Å². The van der Waals surface area contributed by atoms with Gasteiger partial charge < -0.3 is 0 Å². The Labute approximate surface area is 72.2 Å². The molecule has 0 spiro atoms. The van der Waals surface area contributed by atoms with Gasteiger partial charge in [0.15, 0.2) is 0 Å². The summed E-state index contributed by atoms with van der Waals surface area (Å²) in [6, 6.07) is 3.58. The Hall–Kier alpha value is -1.31. The van der Waals surface area contributed by atoms with E-state index in [1.807, 2.05) is 26.8 Å². The van der Waals surface area contributed by atoms with Crippen molar-refractivity contribution in [2.75, 3.05) is 0 Å². The van der Waals surface area contributed by atoms with Gasteiger partial charge in [-0.05, 0) is 32.4 Å². The van der Waals surface area contributed by atoms with E-state index >= 15 is 0 Å². The zero-order valence-electron chi connectivity index (χ0n) is 7.72. The van der Waals surface area contributed by atoms with Crippen LogP contribution in [0.5, 0.6) is 0 Å². The maximum Gasteiger partial charge on any atom is 0.255 e. The van der Waals surface area contributed by atoms with Crippen LogP contribution in [0.3, 0.4) is 0 Å². The maximum absolute atomic E-state index is 11.4. The van der Waals surface area contributed by atoms with Crippen LogP contribution < -0.4 is 5.56 Å². The predicted octanol–water partition coefficient (Wildman–Crippen LogP) is 1.96. The molecule has 0 saturated heterocycles. The Morgan fingerprint density at radius 3 is 2.42 bits per heavy atom. The van der Waals surface area contributed by atoms with E-state index in [4.69, 9.17) is 0 Å². The molecule has 2 nitrogen and oxygen atoms in total. The van der Waals surface area contributed by atoms with E-state index in [2.05, 4.69) is 6.58 Å². The highest BCUT2D eigenvalue weighted by atomic mass is 16.1. The van der Waals surface area contributed by atoms with Crippen LogP contribution in [-0.2, 0) is 0 Å². The fourth-order valence-corrected chi connectivity index (χ4v) is 1.36. The standard InChI is InChI=1S/C10H13NO/c1-7(2)11-9(4)5-8(3)6-10(11)12/h5-6H,1H2,2-4H3. The summed E-state index contributed by atoms with van der Waals surface area (Å²) in [6.45, 7) is 9.38. The van der Waals surface area contributed by atoms with Gasteiger partial charge in [-0.25, -0.2) is 0 Å². The van der Waals surface area contributed by atoms with E-state index in [0.717, 1.165) is 17.0 Å². The molecular formula is C10H13NO. The summed E-state index contributed by atoms with van der Waals surface area (Å²) >= 11 is 0. The van der Waals surface area contributed by atoms with Crippen molar-refractivity contribution in [1.82, 2.24) is 4.57 Å². The van der Waals surface area contributed by atoms with Gasteiger partial charge in [-0.2, -0.15) is 0 Å². The van der Waals surface area contributed by atoms with E-state index in [1.54, 1.807) is 10.6 Å². The zero-order valence-corrected chi connectivity index (χ0v) is 7.72. The summed E-state index contributed by atoms with van der Waals surface area (Å²) in [7, 11) is 0. The first kappa shape index (κ1) is 8.78. The van der Waals surface area contributed by atoms with Gasteiger partial charge in [0.1, 0.15) is 0 Å². The highest BCUT2D eigenvalue weighted by Gasteiger charge is 2.00. The number of aryl methyl sites for hydroxylation is 2. The van der Waals surface area contributed by atoms with Crippen molar-refractivity contribution >= 4 is 5.70 Å². The monoisotopic (exact) mass is 163 g/mol. The molecule has 2 heteroatoms. The lowest BCUT2D eigenvalue weighted by Gasteiger charge is -2.08. The van der Waals surface area contributed by atoms with Gasteiger partial charge in [0.2, 0.25) is 0 Å². The van der Waals surface area contributed by atoms with Gasteiger partial charge in [-0.15, -0.1) is 0 Å². The fourth-order valence-electron chi connectivity index (χ4n) is 1.36. The molecule has 0 aliphatic heterocycles. The van der Waals surface area contributed by atoms with Crippen molar-refractivity contribution in [3.05, 3.63) is 40.3 Å². The number of rotatable bonds is 1. The van der Waals surface area contributed by atoms with E-state index in [-0.39, 0.29) is 5.56 Å². The Morgan fingerprint density at radius 1 is 1.42 bits per heavy atom. The van der Waals surface area contributed by atoms with Crippen LogP contribution >= 0.6 is 0 Å². The third kappa shape index (κ3) is 1.47. The molecule has 1 heterocycles. The molecule has 0 bridgehead atoms. The second-order valence-electron chi connectivity index (χ2n) is 3.08. The first-order chi connectivity index (χ1) is 5.52. The number of nitrogens with zero attached hydrogens (tertiary/aromatic N) is 1. The summed E-state index contributed by atoms with van der Waals surface area (Å²) in [6.07, 6.45) is 0. The Balaban J connectivity index is 3.49. The third-order valence-corrected chi connectivity index (χ3v) is 1.74. The minimum Gasteiger partial charge on any atom is -0.286 e. The molecule has 0 fully saturated rings. The summed E-state index contributed by atoms with van der Waals surface area (Å²) in [5, 5.41) is 0. The zero-order chi connectivity index (χ0) is 9.30. The van der Waals surface area contributed by atoms with Gasteiger partial charge >= 0.3 is 0 Å². The lowest BCUT2D eigenvalue weighted by molar-refractivity contribution is 0.945. The molecule has 0 aromatic carbocycles. The molecule has 0 amide bonds. The highest BCUT2D eigenvalue weighted by molar-refractivity contribution is 5.40. The molecule has 0 radical (unpaired) electrons. The van der Waals surface area contributed by atoms with Gasteiger partial charge in [0, 0.05) is 17.5 Å². The van der Waals surface area contributed by atoms with Crippen LogP contribution in [0.1, 0.15) is 18.2 Å². The largest absolute Gasteiger partial charge is 0.286 e.